The van der Waals surface area contributed by atoms with Crippen molar-refractivity contribution < 1.29 is 28.7 Å². The van der Waals surface area contributed by atoms with Crippen molar-refractivity contribution in [2.24, 2.45) is 11.8 Å². The SMILES string of the molecule is Cc1cccc(C)c1N1C[C@H](C(=O)OCC(=O)Nc2ccc(C(=O)OCC(C)C)cc2)CC1=O. The first-order valence-electron chi connectivity index (χ1n) is 11.3. The summed E-state index contributed by atoms with van der Waals surface area (Å²) in [6.45, 7) is 7.83. The average molecular weight is 467 g/mol. The van der Waals surface area contributed by atoms with E-state index in [1.165, 1.54) is 0 Å². The van der Waals surface area contributed by atoms with Crippen LogP contribution in [0.15, 0.2) is 42.5 Å². The predicted molar refractivity (Wildman–Crippen MR) is 128 cm³/mol. The number of nitrogens with one attached hydrogen (secondary N) is 1. The summed E-state index contributed by atoms with van der Waals surface area (Å²) in [5.41, 5.74) is 3.57. The van der Waals surface area contributed by atoms with Crippen molar-refractivity contribution in [1.29, 1.82) is 0 Å². The molecule has 0 aliphatic carbocycles. The molecule has 0 unspecified atom stereocenters. The lowest BCUT2D eigenvalue weighted by atomic mass is 10.1. The zero-order valence-corrected chi connectivity index (χ0v) is 19.9. The van der Waals surface area contributed by atoms with Gasteiger partial charge in [0.05, 0.1) is 18.1 Å². The second-order valence-corrected chi connectivity index (χ2v) is 8.87. The fourth-order valence-corrected chi connectivity index (χ4v) is 3.78. The average Bonchev–Trinajstić information content (AvgIpc) is 3.17. The van der Waals surface area contributed by atoms with E-state index in [1.807, 2.05) is 45.9 Å². The summed E-state index contributed by atoms with van der Waals surface area (Å²) < 4.78 is 10.3. The highest BCUT2D eigenvalue weighted by Gasteiger charge is 2.37. The van der Waals surface area contributed by atoms with Crippen LogP contribution in [0.1, 0.15) is 41.8 Å². The van der Waals surface area contributed by atoms with Crippen LogP contribution in [-0.2, 0) is 23.9 Å². The highest BCUT2D eigenvalue weighted by molar-refractivity contribution is 6.01. The molecular formula is C26H30N2O6. The number of anilines is 2. The maximum absolute atomic E-state index is 12.5. The van der Waals surface area contributed by atoms with Gasteiger partial charge >= 0.3 is 11.9 Å². The summed E-state index contributed by atoms with van der Waals surface area (Å²) >= 11 is 0. The maximum atomic E-state index is 12.5. The molecule has 2 aromatic carbocycles. The first-order valence-corrected chi connectivity index (χ1v) is 11.3. The van der Waals surface area contributed by atoms with Gasteiger partial charge in [0, 0.05) is 24.3 Å². The Hall–Kier alpha value is -3.68. The van der Waals surface area contributed by atoms with Crippen LogP contribution >= 0.6 is 0 Å². The smallest absolute Gasteiger partial charge is 0.338 e. The van der Waals surface area contributed by atoms with Gasteiger partial charge in [-0.1, -0.05) is 32.0 Å². The monoisotopic (exact) mass is 466 g/mol. The van der Waals surface area contributed by atoms with Crippen LogP contribution in [0, 0.1) is 25.7 Å². The lowest BCUT2D eigenvalue weighted by molar-refractivity contribution is -0.151. The van der Waals surface area contributed by atoms with E-state index in [9.17, 15) is 19.2 Å². The molecule has 0 radical (unpaired) electrons. The summed E-state index contributed by atoms with van der Waals surface area (Å²) in [5, 5.41) is 2.62. The third kappa shape index (κ3) is 6.21. The fourth-order valence-electron chi connectivity index (χ4n) is 3.78. The summed E-state index contributed by atoms with van der Waals surface area (Å²) in [6, 6.07) is 12.0. The summed E-state index contributed by atoms with van der Waals surface area (Å²) in [6.07, 6.45) is 0.0442. The number of para-hydroxylation sites is 1. The molecular weight excluding hydrogens is 436 g/mol. The van der Waals surface area contributed by atoms with Crippen molar-refractivity contribution in [1.82, 2.24) is 0 Å². The first kappa shape index (κ1) is 25.0. The van der Waals surface area contributed by atoms with Gasteiger partial charge in [-0.15, -0.1) is 0 Å². The fraction of sp³-hybridized carbons (Fsp3) is 0.385. The van der Waals surface area contributed by atoms with Gasteiger partial charge in [-0.05, 0) is 55.2 Å². The van der Waals surface area contributed by atoms with Gasteiger partial charge in [0.2, 0.25) is 5.91 Å². The van der Waals surface area contributed by atoms with Gasteiger partial charge in [0.1, 0.15) is 0 Å². The number of esters is 2. The van der Waals surface area contributed by atoms with Crippen LogP contribution < -0.4 is 10.2 Å². The van der Waals surface area contributed by atoms with Crippen molar-refractivity contribution in [3.63, 3.8) is 0 Å². The van der Waals surface area contributed by atoms with E-state index in [0.29, 0.717) is 17.9 Å². The minimum Gasteiger partial charge on any atom is -0.462 e. The minimum atomic E-state index is -0.629. The van der Waals surface area contributed by atoms with Crippen LogP contribution in [0.25, 0.3) is 0 Å². The Bertz CT molecular complexity index is 1060. The van der Waals surface area contributed by atoms with E-state index in [-0.39, 0.29) is 24.8 Å². The Kier molecular flexibility index (Phi) is 8.04. The van der Waals surface area contributed by atoms with Gasteiger partial charge in [0.15, 0.2) is 6.61 Å². The first-order chi connectivity index (χ1) is 16.2. The molecule has 2 amide bonds. The van der Waals surface area contributed by atoms with Crippen LogP contribution in [-0.4, -0.2) is 43.5 Å². The number of nitrogens with zero attached hydrogens (tertiary/aromatic N) is 1. The molecule has 8 nitrogen and oxygen atoms in total. The Morgan fingerprint density at radius 1 is 1.03 bits per heavy atom. The van der Waals surface area contributed by atoms with Crippen molar-refractivity contribution in [2.45, 2.75) is 34.1 Å². The van der Waals surface area contributed by atoms with Crippen LogP contribution in [0.5, 0.6) is 0 Å². The van der Waals surface area contributed by atoms with E-state index < -0.39 is 30.4 Å². The Morgan fingerprint density at radius 3 is 2.29 bits per heavy atom. The Morgan fingerprint density at radius 2 is 1.68 bits per heavy atom. The molecule has 1 N–H and O–H groups in total. The van der Waals surface area contributed by atoms with Crippen LogP contribution in [0.2, 0.25) is 0 Å². The maximum Gasteiger partial charge on any atom is 0.338 e. The number of hydrogen-bond donors (Lipinski definition) is 1. The third-order valence-corrected chi connectivity index (χ3v) is 5.47. The number of benzene rings is 2. The second-order valence-electron chi connectivity index (χ2n) is 8.87. The summed E-state index contributed by atoms with van der Waals surface area (Å²) in [7, 11) is 0. The highest BCUT2D eigenvalue weighted by Crippen LogP contribution is 2.31. The van der Waals surface area contributed by atoms with E-state index in [4.69, 9.17) is 9.47 Å². The van der Waals surface area contributed by atoms with Crippen molar-refractivity contribution in [3.05, 3.63) is 59.2 Å². The lowest BCUT2D eigenvalue weighted by Gasteiger charge is -2.21. The predicted octanol–water partition coefficient (Wildman–Crippen LogP) is 3.65. The molecule has 0 saturated carbocycles. The van der Waals surface area contributed by atoms with E-state index >= 15 is 0 Å². The molecule has 1 fully saturated rings. The zero-order valence-electron chi connectivity index (χ0n) is 19.9. The number of carbonyl (C=O) groups excluding carboxylic acids is 4. The Balaban J connectivity index is 1.49. The molecule has 1 saturated heterocycles. The van der Waals surface area contributed by atoms with Gasteiger partial charge in [-0.3, -0.25) is 14.4 Å². The van der Waals surface area contributed by atoms with Crippen molar-refractivity contribution in [2.75, 3.05) is 30.0 Å². The number of amides is 2. The van der Waals surface area contributed by atoms with E-state index in [2.05, 4.69) is 5.32 Å². The quantitative estimate of drug-likeness (QED) is 0.596. The molecule has 0 bridgehead atoms. The summed E-state index contributed by atoms with van der Waals surface area (Å²) in [5.74, 6) is -2.06. The molecule has 1 aliphatic heterocycles. The van der Waals surface area contributed by atoms with Gasteiger partial charge in [-0.2, -0.15) is 0 Å². The lowest BCUT2D eigenvalue weighted by Crippen LogP contribution is -2.29. The molecule has 1 atom stereocenters. The normalized spacial score (nSPS) is 15.4. The molecule has 0 spiro atoms. The molecule has 34 heavy (non-hydrogen) atoms. The van der Waals surface area contributed by atoms with Gasteiger partial charge < -0.3 is 19.7 Å². The molecule has 180 valence electrons. The van der Waals surface area contributed by atoms with Crippen LogP contribution in [0.4, 0.5) is 11.4 Å². The van der Waals surface area contributed by atoms with E-state index in [0.717, 1.165) is 16.8 Å². The van der Waals surface area contributed by atoms with Gasteiger partial charge in [0.25, 0.3) is 5.91 Å². The zero-order chi connectivity index (χ0) is 24.8. The third-order valence-electron chi connectivity index (χ3n) is 5.47. The van der Waals surface area contributed by atoms with Crippen molar-refractivity contribution in [3.8, 4) is 0 Å². The molecule has 0 aromatic heterocycles. The molecule has 1 aliphatic rings. The summed E-state index contributed by atoms with van der Waals surface area (Å²) in [4.78, 5) is 50.8. The Labute approximate surface area is 199 Å². The van der Waals surface area contributed by atoms with Gasteiger partial charge in [-0.25, -0.2) is 4.79 Å². The van der Waals surface area contributed by atoms with Crippen molar-refractivity contribution >= 4 is 35.1 Å². The second kappa shape index (κ2) is 11.0. The standard InChI is InChI=1S/C26H30N2O6/c1-16(2)14-33-25(31)19-8-10-21(11-9-19)27-22(29)15-34-26(32)20-12-23(30)28(13-20)24-17(3)6-5-7-18(24)4/h5-11,16,20H,12-15H2,1-4H3,(H,27,29)/t20-/m1/s1. The number of aryl methyl sites for hydroxylation is 2. The number of ether oxygens (including phenoxy) is 2. The number of rotatable bonds is 8. The molecule has 1 heterocycles. The molecule has 2 aromatic rings. The molecule has 3 rings (SSSR count). The minimum absolute atomic E-state index is 0.0442. The van der Waals surface area contributed by atoms with Crippen LogP contribution in [0.3, 0.4) is 0 Å². The highest BCUT2D eigenvalue weighted by atomic mass is 16.5. The number of carbonyl (C=O) groups is 4. The number of hydrogen-bond acceptors (Lipinski definition) is 6. The molecule has 8 heteroatoms. The largest absolute Gasteiger partial charge is 0.462 e. The topological polar surface area (TPSA) is 102 Å². The van der Waals surface area contributed by atoms with E-state index in [1.54, 1.807) is 29.2 Å².